The Bertz CT molecular complexity index is 989. The van der Waals surface area contributed by atoms with Crippen LogP contribution in [0.4, 0.5) is 11.4 Å². The Morgan fingerprint density at radius 3 is 2.57 bits per heavy atom. The van der Waals surface area contributed by atoms with Crippen LogP contribution < -0.4 is 15.0 Å². The first-order valence-corrected chi connectivity index (χ1v) is 8.85. The van der Waals surface area contributed by atoms with Crippen molar-refractivity contribution < 1.29 is 14.1 Å². The molecule has 0 atom stereocenters. The van der Waals surface area contributed by atoms with E-state index in [-0.39, 0.29) is 5.91 Å². The first-order valence-electron chi connectivity index (χ1n) is 8.85. The van der Waals surface area contributed by atoms with Gasteiger partial charge in [0.05, 0.1) is 7.11 Å². The number of hydrogen-bond acceptors (Lipinski definition) is 5. The van der Waals surface area contributed by atoms with Crippen LogP contribution in [0, 0.1) is 6.92 Å². The van der Waals surface area contributed by atoms with E-state index in [0.717, 1.165) is 17.0 Å². The highest BCUT2D eigenvalue weighted by atomic mass is 16.5. The zero-order valence-electron chi connectivity index (χ0n) is 16.4. The molecule has 1 heterocycles. The van der Waals surface area contributed by atoms with Crippen molar-refractivity contribution in [2.75, 3.05) is 31.4 Å². The Hall–Kier alpha value is -3.54. The Balaban J connectivity index is 1.79. The molecular formula is C22H23N3O3. The van der Waals surface area contributed by atoms with Crippen LogP contribution >= 0.6 is 0 Å². The molecule has 6 heteroatoms. The van der Waals surface area contributed by atoms with Gasteiger partial charge in [0.15, 0.2) is 5.76 Å². The number of amides is 1. The number of rotatable bonds is 6. The number of carbonyl (C=O) groups is 1. The molecule has 1 N–H and O–H groups in total. The number of aryl methyl sites for hydroxylation is 1. The van der Waals surface area contributed by atoms with Crippen LogP contribution in [0.2, 0.25) is 0 Å². The third kappa shape index (κ3) is 4.40. The average Bonchev–Trinajstić information content (AvgIpc) is 3.06. The number of anilines is 2. The second-order valence-corrected chi connectivity index (χ2v) is 6.50. The molecule has 28 heavy (non-hydrogen) atoms. The normalized spacial score (nSPS) is 10.9. The molecule has 144 valence electrons. The number of nitrogens with zero attached hydrogens (tertiary/aromatic N) is 2. The van der Waals surface area contributed by atoms with Gasteiger partial charge in [0.25, 0.3) is 5.91 Å². The fraction of sp³-hybridized carbons (Fsp3) is 0.182. The number of hydrogen-bond donors (Lipinski definition) is 1. The first-order chi connectivity index (χ1) is 13.5. The standard InChI is InChI=1S/C22H23N3O3/c1-15-21(23-22(26)17-6-5-7-18(14-17)25(2)3)20(24-28-15)13-10-16-8-11-19(27-4)12-9-16/h5-14H,1-4H3,(H,23,26)/b13-10+. The third-order valence-corrected chi connectivity index (χ3v) is 4.30. The number of methoxy groups -OCH3 is 1. The summed E-state index contributed by atoms with van der Waals surface area (Å²) in [5.74, 6) is 1.13. The third-order valence-electron chi connectivity index (χ3n) is 4.30. The second-order valence-electron chi connectivity index (χ2n) is 6.50. The highest BCUT2D eigenvalue weighted by Crippen LogP contribution is 2.24. The molecular weight excluding hydrogens is 354 g/mol. The van der Waals surface area contributed by atoms with Crippen LogP contribution in [-0.2, 0) is 0 Å². The fourth-order valence-corrected chi connectivity index (χ4v) is 2.66. The summed E-state index contributed by atoms with van der Waals surface area (Å²) in [6.07, 6.45) is 3.71. The largest absolute Gasteiger partial charge is 0.497 e. The van der Waals surface area contributed by atoms with Gasteiger partial charge < -0.3 is 19.5 Å². The maximum Gasteiger partial charge on any atom is 0.255 e. The van der Waals surface area contributed by atoms with Crippen LogP contribution in [0.3, 0.4) is 0 Å². The van der Waals surface area contributed by atoms with Gasteiger partial charge in [-0.1, -0.05) is 29.4 Å². The van der Waals surface area contributed by atoms with Crippen molar-refractivity contribution in [1.82, 2.24) is 5.16 Å². The minimum atomic E-state index is -0.214. The maximum atomic E-state index is 12.7. The van der Waals surface area contributed by atoms with Crippen LogP contribution in [0.15, 0.2) is 53.1 Å². The van der Waals surface area contributed by atoms with E-state index in [1.807, 2.05) is 73.6 Å². The lowest BCUT2D eigenvalue weighted by Crippen LogP contribution is -2.14. The maximum absolute atomic E-state index is 12.7. The molecule has 0 spiro atoms. The molecule has 0 saturated carbocycles. The van der Waals surface area contributed by atoms with Crippen molar-refractivity contribution in [2.24, 2.45) is 0 Å². The predicted octanol–water partition coefficient (Wildman–Crippen LogP) is 4.48. The van der Waals surface area contributed by atoms with Crippen LogP contribution in [0.25, 0.3) is 12.2 Å². The summed E-state index contributed by atoms with van der Waals surface area (Å²) in [4.78, 5) is 14.6. The molecule has 0 aliphatic heterocycles. The van der Waals surface area contributed by atoms with Crippen molar-refractivity contribution >= 4 is 29.4 Å². The van der Waals surface area contributed by atoms with E-state index >= 15 is 0 Å². The molecule has 0 bridgehead atoms. The van der Waals surface area contributed by atoms with Gasteiger partial charge in [0.2, 0.25) is 0 Å². The molecule has 0 unspecified atom stereocenters. The Morgan fingerprint density at radius 2 is 1.89 bits per heavy atom. The highest BCUT2D eigenvalue weighted by Gasteiger charge is 2.15. The lowest BCUT2D eigenvalue weighted by molar-refractivity contribution is 0.102. The average molecular weight is 377 g/mol. The van der Waals surface area contributed by atoms with E-state index in [2.05, 4.69) is 10.5 Å². The Labute approximate surface area is 164 Å². The van der Waals surface area contributed by atoms with E-state index in [9.17, 15) is 4.79 Å². The van der Waals surface area contributed by atoms with Gasteiger partial charge in [0.1, 0.15) is 17.1 Å². The summed E-state index contributed by atoms with van der Waals surface area (Å²) in [7, 11) is 5.50. The molecule has 0 radical (unpaired) electrons. The lowest BCUT2D eigenvalue weighted by Gasteiger charge is -2.13. The van der Waals surface area contributed by atoms with E-state index in [0.29, 0.717) is 22.7 Å². The number of nitrogens with one attached hydrogen (secondary N) is 1. The van der Waals surface area contributed by atoms with Crippen molar-refractivity contribution in [1.29, 1.82) is 0 Å². The SMILES string of the molecule is COc1ccc(/C=C/c2noc(C)c2NC(=O)c2cccc(N(C)C)c2)cc1. The van der Waals surface area contributed by atoms with Gasteiger partial charge in [-0.05, 0) is 48.9 Å². The molecule has 2 aromatic carbocycles. The lowest BCUT2D eigenvalue weighted by atomic mass is 10.1. The molecule has 3 aromatic rings. The van der Waals surface area contributed by atoms with Gasteiger partial charge in [-0.2, -0.15) is 0 Å². The summed E-state index contributed by atoms with van der Waals surface area (Å²) in [5, 5.41) is 6.96. The highest BCUT2D eigenvalue weighted by molar-refractivity contribution is 6.06. The van der Waals surface area contributed by atoms with Gasteiger partial charge in [-0.15, -0.1) is 0 Å². The van der Waals surface area contributed by atoms with Crippen LogP contribution in [0.1, 0.15) is 27.4 Å². The molecule has 0 aliphatic rings. The van der Waals surface area contributed by atoms with Crippen molar-refractivity contribution in [2.45, 2.75) is 6.92 Å². The molecule has 3 rings (SSSR count). The molecule has 0 saturated heterocycles. The number of carbonyl (C=O) groups excluding carboxylic acids is 1. The summed E-state index contributed by atoms with van der Waals surface area (Å²) in [6, 6.07) is 15.1. The topological polar surface area (TPSA) is 67.6 Å². The zero-order chi connectivity index (χ0) is 20.1. The Kier molecular flexibility index (Phi) is 5.79. The van der Waals surface area contributed by atoms with E-state index in [4.69, 9.17) is 9.26 Å². The summed E-state index contributed by atoms with van der Waals surface area (Å²) in [6.45, 7) is 1.77. The number of benzene rings is 2. The van der Waals surface area contributed by atoms with Crippen molar-refractivity contribution in [3.05, 3.63) is 71.1 Å². The van der Waals surface area contributed by atoms with Gasteiger partial charge in [-0.3, -0.25) is 4.79 Å². The summed E-state index contributed by atoms with van der Waals surface area (Å²) < 4.78 is 10.4. The first kappa shape index (κ1) is 19.2. The van der Waals surface area contributed by atoms with Gasteiger partial charge in [-0.25, -0.2) is 0 Å². The van der Waals surface area contributed by atoms with Crippen LogP contribution in [-0.4, -0.2) is 32.3 Å². The van der Waals surface area contributed by atoms with Crippen molar-refractivity contribution in [3.63, 3.8) is 0 Å². The molecule has 6 nitrogen and oxygen atoms in total. The van der Waals surface area contributed by atoms with Gasteiger partial charge >= 0.3 is 0 Å². The smallest absolute Gasteiger partial charge is 0.255 e. The number of ether oxygens (including phenoxy) is 1. The quantitative estimate of drug-likeness (QED) is 0.686. The van der Waals surface area contributed by atoms with Gasteiger partial charge in [0, 0.05) is 25.3 Å². The van der Waals surface area contributed by atoms with E-state index in [1.165, 1.54) is 0 Å². The number of aromatic nitrogens is 1. The summed E-state index contributed by atoms with van der Waals surface area (Å²) >= 11 is 0. The predicted molar refractivity (Wildman–Crippen MR) is 112 cm³/mol. The van der Waals surface area contributed by atoms with E-state index < -0.39 is 0 Å². The summed E-state index contributed by atoms with van der Waals surface area (Å²) in [5.41, 5.74) is 3.62. The molecule has 0 aliphatic carbocycles. The molecule has 0 fully saturated rings. The van der Waals surface area contributed by atoms with Crippen molar-refractivity contribution in [3.8, 4) is 5.75 Å². The minimum Gasteiger partial charge on any atom is -0.497 e. The van der Waals surface area contributed by atoms with Crippen LogP contribution in [0.5, 0.6) is 5.75 Å². The fourth-order valence-electron chi connectivity index (χ4n) is 2.66. The second kappa shape index (κ2) is 8.43. The van der Waals surface area contributed by atoms with E-state index in [1.54, 1.807) is 20.1 Å². The minimum absolute atomic E-state index is 0.214. The Morgan fingerprint density at radius 1 is 1.14 bits per heavy atom. The zero-order valence-corrected chi connectivity index (χ0v) is 16.4. The molecule has 1 aromatic heterocycles. The monoisotopic (exact) mass is 377 g/mol. The molecule has 1 amide bonds.